The number of rotatable bonds is 1. The zero-order valence-corrected chi connectivity index (χ0v) is 13.4. The number of nitrogens with zero attached hydrogens (tertiary/aromatic N) is 5. The molecule has 1 amide bonds. The molecule has 0 radical (unpaired) electrons. The smallest absolute Gasteiger partial charge is 0.296 e. The minimum Gasteiger partial charge on any atom is -0.373 e. The second-order valence-corrected chi connectivity index (χ2v) is 6.01. The van der Waals surface area contributed by atoms with Gasteiger partial charge in [0.2, 0.25) is 5.82 Å². The summed E-state index contributed by atoms with van der Waals surface area (Å²) in [5, 5.41) is 8.12. The van der Waals surface area contributed by atoms with Gasteiger partial charge in [-0.25, -0.2) is 4.39 Å². The van der Waals surface area contributed by atoms with Gasteiger partial charge in [-0.15, -0.1) is 10.2 Å². The molecule has 0 aliphatic carbocycles. The number of fused-ring (bicyclic) bond motifs is 2. The summed E-state index contributed by atoms with van der Waals surface area (Å²) < 4.78 is 20.8. The van der Waals surface area contributed by atoms with Crippen LogP contribution in [-0.2, 0) is 17.9 Å². The Kier molecular flexibility index (Phi) is 3.68. The van der Waals surface area contributed by atoms with E-state index < -0.39 is 0 Å². The molecule has 0 unspecified atom stereocenters. The molecular weight excluding hydrogens is 313 g/mol. The van der Waals surface area contributed by atoms with Gasteiger partial charge in [0.1, 0.15) is 12.4 Å². The van der Waals surface area contributed by atoms with Crippen molar-refractivity contribution in [3.05, 3.63) is 35.7 Å². The van der Waals surface area contributed by atoms with Gasteiger partial charge < -0.3 is 19.1 Å². The molecule has 1 aromatic carbocycles. The van der Waals surface area contributed by atoms with E-state index in [2.05, 4.69) is 10.2 Å². The Morgan fingerprint density at radius 3 is 2.96 bits per heavy atom. The Hall–Kier alpha value is -2.48. The van der Waals surface area contributed by atoms with Gasteiger partial charge in [-0.05, 0) is 24.6 Å². The van der Waals surface area contributed by atoms with Gasteiger partial charge in [0.25, 0.3) is 5.91 Å². The molecule has 7 nitrogen and oxygen atoms in total. The fraction of sp³-hybridized carbons (Fsp3) is 0.438. The number of carbonyl (C=O) groups excluding carboxylic acids is 1. The molecule has 0 atom stereocenters. The summed E-state index contributed by atoms with van der Waals surface area (Å²) in [6.45, 7) is 2.78. The second kappa shape index (κ2) is 5.86. The van der Waals surface area contributed by atoms with Crippen molar-refractivity contribution in [3.63, 3.8) is 0 Å². The van der Waals surface area contributed by atoms with Crippen LogP contribution in [0.15, 0.2) is 18.2 Å². The number of amides is 1. The highest BCUT2D eigenvalue weighted by atomic mass is 19.1. The highest BCUT2D eigenvalue weighted by Gasteiger charge is 2.29. The average molecular weight is 331 g/mol. The summed E-state index contributed by atoms with van der Waals surface area (Å²) in [5.74, 6) is 0.453. The SMILES string of the molecule is CN1CCCN(C(=O)c2nnc3n2CCOC3)c2ccc(F)cc21. The van der Waals surface area contributed by atoms with E-state index in [1.807, 2.05) is 16.5 Å². The summed E-state index contributed by atoms with van der Waals surface area (Å²) in [5.41, 5.74) is 1.41. The van der Waals surface area contributed by atoms with Gasteiger partial charge >= 0.3 is 0 Å². The Bertz CT molecular complexity index is 791. The topological polar surface area (TPSA) is 63.5 Å². The molecule has 8 heteroatoms. The number of ether oxygens (including phenoxy) is 1. The first kappa shape index (κ1) is 15.1. The van der Waals surface area contributed by atoms with E-state index in [9.17, 15) is 9.18 Å². The van der Waals surface area contributed by atoms with Gasteiger partial charge in [0.15, 0.2) is 5.82 Å². The normalized spacial score (nSPS) is 17.2. The van der Waals surface area contributed by atoms with Crippen LogP contribution in [0.2, 0.25) is 0 Å². The highest BCUT2D eigenvalue weighted by molar-refractivity contribution is 6.05. The standard InChI is InChI=1S/C16H18FN5O2/c1-20-5-2-6-21(12-4-3-11(17)9-13(12)20)16(23)15-19-18-14-10-24-8-7-22(14)15/h3-4,9H,2,5-8,10H2,1H3. The Labute approximate surface area is 138 Å². The van der Waals surface area contributed by atoms with Crippen LogP contribution >= 0.6 is 0 Å². The third kappa shape index (κ3) is 2.43. The molecule has 24 heavy (non-hydrogen) atoms. The van der Waals surface area contributed by atoms with Gasteiger partial charge in [0.05, 0.1) is 18.0 Å². The van der Waals surface area contributed by atoms with Crippen LogP contribution in [0.3, 0.4) is 0 Å². The molecule has 2 aliphatic heterocycles. The van der Waals surface area contributed by atoms with Gasteiger partial charge in [-0.2, -0.15) is 0 Å². The van der Waals surface area contributed by atoms with Crippen LogP contribution in [0.25, 0.3) is 0 Å². The maximum absolute atomic E-state index is 13.7. The Balaban J connectivity index is 1.75. The first-order valence-corrected chi connectivity index (χ1v) is 7.97. The average Bonchev–Trinajstić information content (AvgIpc) is 2.95. The summed E-state index contributed by atoms with van der Waals surface area (Å²) in [6, 6.07) is 4.50. The summed E-state index contributed by atoms with van der Waals surface area (Å²) in [6.07, 6.45) is 0.794. The summed E-state index contributed by atoms with van der Waals surface area (Å²) in [4.78, 5) is 16.7. The lowest BCUT2D eigenvalue weighted by Gasteiger charge is -2.24. The van der Waals surface area contributed by atoms with Crippen molar-refractivity contribution in [3.8, 4) is 0 Å². The minimum absolute atomic E-state index is 0.209. The Morgan fingerprint density at radius 2 is 2.08 bits per heavy atom. The quantitative estimate of drug-likeness (QED) is 0.791. The van der Waals surface area contributed by atoms with E-state index >= 15 is 0 Å². The van der Waals surface area contributed by atoms with Crippen LogP contribution in [-0.4, -0.2) is 47.4 Å². The third-order valence-corrected chi connectivity index (χ3v) is 4.47. The molecule has 4 rings (SSSR count). The molecular formula is C16H18FN5O2. The van der Waals surface area contributed by atoms with Crippen molar-refractivity contribution >= 4 is 17.3 Å². The van der Waals surface area contributed by atoms with Crippen LogP contribution in [0.4, 0.5) is 15.8 Å². The largest absolute Gasteiger partial charge is 0.373 e. The molecule has 0 saturated heterocycles. The maximum Gasteiger partial charge on any atom is 0.296 e. The molecule has 0 spiro atoms. The molecule has 0 N–H and O–H groups in total. The van der Waals surface area contributed by atoms with Crippen LogP contribution in [0.5, 0.6) is 0 Å². The van der Waals surface area contributed by atoms with Crippen LogP contribution in [0.1, 0.15) is 22.9 Å². The minimum atomic E-state index is -0.313. The molecule has 1 aromatic heterocycles. The zero-order chi connectivity index (χ0) is 16.7. The van der Waals surface area contributed by atoms with E-state index in [1.54, 1.807) is 11.0 Å². The number of anilines is 2. The first-order valence-electron chi connectivity index (χ1n) is 7.97. The lowest BCUT2D eigenvalue weighted by atomic mass is 10.2. The van der Waals surface area contributed by atoms with Gasteiger partial charge in [-0.1, -0.05) is 0 Å². The molecule has 0 fully saturated rings. The Morgan fingerprint density at radius 1 is 1.21 bits per heavy atom. The molecule has 0 saturated carbocycles. The highest BCUT2D eigenvalue weighted by Crippen LogP contribution is 2.33. The fourth-order valence-corrected chi connectivity index (χ4v) is 3.22. The van der Waals surface area contributed by atoms with E-state index in [0.29, 0.717) is 49.3 Å². The van der Waals surface area contributed by atoms with Crippen LogP contribution < -0.4 is 9.80 Å². The van der Waals surface area contributed by atoms with Crippen molar-refractivity contribution in [2.75, 3.05) is 36.5 Å². The number of aromatic nitrogens is 3. The van der Waals surface area contributed by atoms with E-state index in [0.717, 1.165) is 13.0 Å². The van der Waals surface area contributed by atoms with Crippen molar-refractivity contribution in [1.29, 1.82) is 0 Å². The van der Waals surface area contributed by atoms with E-state index in [-0.39, 0.29) is 11.7 Å². The van der Waals surface area contributed by atoms with Gasteiger partial charge in [-0.3, -0.25) is 4.79 Å². The van der Waals surface area contributed by atoms with E-state index in [1.165, 1.54) is 12.1 Å². The fourth-order valence-electron chi connectivity index (χ4n) is 3.22. The number of hydrogen-bond acceptors (Lipinski definition) is 5. The van der Waals surface area contributed by atoms with E-state index in [4.69, 9.17) is 4.74 Å². The third-order valence-electron chi connectivity index (χ3n) is 4.47. The lowest BCUT2D eigenvalue weighted by molar-refractivity contribution is 0.0785. The second-order valence-electron chi connectivity index (χ2n) is 6.01. The molecule has 2 aromatic rings. The number of carbonyl (C=O) groups is 1. The zero-order valence-electron chi connectivity index (χ0n) is 13.4. The summed E-state index contributed by atoms with van der Waals surface area (Å²) >= 11 is 0. The number of hydrogen-bond donors (Lipinski definition) is 0. The van der Waals surface area contributed by atoms with Crippen molar-refractivity contribution in [2.24, 2.45) is 0 Å². The molecule has 3 heterocycles. The van der Waals surface area contributed by atoms with Crippen molar-refractivity contribution < 1.29 is 13.9 Å². The molecule has 126 valence electrons. The maximum atomic E-state index is 13.7. The number of benzene rings is 1. The molecule has 0 bridgehead atoms. The lowest BCUT2D eigenvalue weighted by Crippen LogP contribution is -2.34. The van der Waals surface area contributed by atoms with Crippen LogP contribution in [0, 0.1) is 5.82 Å². The van der Waals surface area contributed by atoms with Crippen molar-refractivity contribution in [1.82, 2.24) is 14.8 Å². The summed E-state index contributed by atoms with van der Waals surface area (Å²) in [7, 11) is 1.91. The molecule has 2 aliphatic rings. The number of halogens is 1. The predicted molar refractivity (Wildman–Crippen MR) is 85.6 cm³/mol. The predicted octanol–water partition coefficient (Wildman–Crippen LogP) is 1.43. The monoisotopic (exact) mass is 331 g/mol. The van der Waals surface area contributed by atoms with Gasteiger partial charge in [0, 0.05) is 26.7 Å². The van der Waals surface area contributed by atoms with Crippen molar-refractivity contribution in [2.45, 2.75) is 19.6 Å². The first-order chi connectivity index (χ1) is 11.6.